The molecule has 0 radical (unpaired) electrons. The van der Waals surface area contributed by atoms with Gasteiger partial charge >= 0.3 is 0 Å². The summed E-state index contributed by atoms with van der Waals surface area (Å²) in [6.07, 6.45) is 8.56. The van der Waals surface area contributed by atoms with Crippen LogP contribution in [-0.4, -0.2) is 0 Å². The SMILES string of the molecule is CC12CC1(C)c1cc(N)ccc1C1=CC=C(N)C=C2C1. The highest BCUT2D eigenvalue weighted by Gasteiger charge is 2.65. The summed E-state index contributed by atoms with van der Waals surface area (Å²) in [7, 11) is 0. The summed E-state index contributed by atoms with van der Waals surface area (Å²) < 4.78 is 0. The minimum atomic E-state index is 0.191. The number of hydrogen-bond donors (Lipinski definition) is 2. The lowest BCUT2D eigenvalue weighted by molar-refractivity contribution is 0.554. The number of fused-ring (bicyclic) bond motifs is 7. The molecule has 2 heteroatoms. The van der Waals surface area contributed by atoms with Gasteiger partial charge in [-0.2, -0.15) is 0 Å². The van der Waals surface area contributed by atoms with Crippen LogP contribution >= 0.6 is 0 Å². The lowest BCUT2D eigenvalue weighted by Gasteiger charge is -2.20. The summed E-state index contributed by atoms with van der Waals surface area (Å²) >= 11 is 0. The molecule has 0 saturated heterocycles. The van der Waals surface area contributed by atoms with Crippen molar-refractivity contribution in [3.05, 3.63) is 58.8 Å². The molecule has 1 aromatic rings. The molecule has 2 nitrogen and oxygen atoms in total. The van der Waals surface area contributed by atoms with E-state index in [1.165, 1.54) is 28.7 Å². The Labute approximate surface area is 119 Å². The third-order valence-electron chi connectivity index (χ3n) is 5.69. The molecule has 4 N–H and O–H groups in total. The van der Waals surface area contributed by atoms with Gasteiger partial charge in [0.05, 0.1) is 0 Å². The maximum absolute atomic E-state index is 6.09. The topological polar surface area (TPSA) is 52.0 Å². The Balaban J connectivity index is 2.06. The van der Waals surface area contributed by atoms with Crippen molar-refractivity contribution in [2.75, 3.05) is 5.73 Å². The van der Waals surface area contributed by atoms with Crippen LogP contribution in [0.5, 0.6) is 0 Å². The molecule has 0 heterocycles. The van der Waals surface area contributed by atoms with E-state index in [4.69, 9.17) is 11.5 Å². The Morgan fingerprint density at radius 1 is 1.05 bits per heavy atom. The summed E-state index contributed by atoms with van der Waals surface area (Å²) in [6.45, 7) is 4.73. The summed E-state index contributed by atoms with van der Waals surface area (Å²) in [5, 5.41) is 0. The van der Waals surface area contributed by atoms with E-state index in [-0.39, 0.29) is 10.8 Å². The second-order valence-electron chi connectivity index (χ2n) is 6.85. The van der Waals surface area contributed by atoms with Crippen molar-refractivity contribution in [3.63, 3.8) is 0 Å². The number of rotatable bonds is 0. The van der Waals surface area contributed by atoms with Crippen LogP contribution in [0.4, 0.5) is 5.69 Å². The summed E-state index contributed by atoms with van der Waals surface area (Å²) in [5.41, 5.74) is 19.8. The standard InChI is InChI=1S/C18H20N2/c1-17-10-18(17,2)16-9-14(20)5-6-15(16)11-3-4-13(19)8-12(17)7-11/h3-6,8-9H,7,10,19-20H2,1-2H3. The van der Waals surface area contributed by atoms with Gasteiger partial charge in [0, 0.05) is 16.8 Å². The molecule has 4 rings (SSSR count). The molecule has 1 saturated carbocycles. The quantitative estimate of drug-likeness (QED) is 0.705. The van der Waals surface area contributed by atoms with Crippen LogP contribution in [0.15, 0.2) is 47.7 Å². The predicted molar refractivity (Wildman–Crippen MR) is 83.9 cm³/mol. The summed E-state index contributed by atoms with van der Waals surface area (Å²) in [4.78, 5) is 0. The lowest BCUT2D eigenvalue weighted by atomic mass is 9.84. The van der Waals surface area contributed by atoms with E-state index in [1.54, 1.807) is 0 Å². The molecule has 0 aliphatic heterocycles. The zero-order valence-electron chi connectivity index (χ0n) is 12.0. The van der Waals surface area contributed by atoms with Crippen LogP contribution < -0.4 is 11.5 Å². The van der Waals surface area contributed by atoms with Crippen LogP contribution in [-0.2, 0) is 5.41 Å². The fourth-order valence-electron chi connectivity index (χ4n) is 4.12. The van der Waals surface area contributed by atoms with Crippen molar-refractivity contribution >= 4 is 11.3 Å². The minimum Gasteiger partial charge on any atom is -0.399 e. The van der Waals surface area contributed by atoms with Crippen LogP contribution in [0.1, 0.15) is 37.8 Å². The Hall–Kier alpha value is -1.96. The molecule has 1 aromatic carbocycles. The molecule has 0 aromatic heterocycles. The van der Waals surface area contributed by atoms with Crippen molar-refractivity contribution in [3.8, 4) is 0 Å². The first kappa shape index (κ1) is 11.8. The number of nitrogen functional groups attached to an aromatic ring is 1. The van der Waals surface area contributed by atoms with Gasteiger partial charge in [0.1, 0.15) is 0 Å². The third kappa shape index (κ3) is 1.29. The monoisotopic (exact) mass is 264 g/mol. The van der Waals surface area contributed by atoms with E-state index >= 15 is 0 Å². The molecular formula is C18H20N2. The predicted octanol–water partition coefficient (Wildman–Crippen LogP) is 3.51. The second kappa shape index (κ2) is 3.38. The van der Waals surface area contributed by atoms with Crippen LogP contribution in [0.25, 0.3) is 5.57 Å². The highest BCUT2D eigenvalue weighted by Crippen LogP contribution is 2.71. The van der Waals surface area contributed by atoms with Crippen molar-refractivity contribution in [1.82, 2.24) is 0 Å². The first-order chi connectivity index (χ1) is 9.44. The normalized spacial score (nSPS) is 33.8. The Bertz CT molecular complexity index is 723. The fourth-order valence-corrected chi connectivity index (χ4v) is 4.12. The van der Waals surface area contributed by atoms with Crippen molar-refractivity contribution < 1.29 is 0 Å². The maximum atomic E-state index is 6.09. The minimum absolute atomic E-state index is 0.191. The third-order valence-corrected chi connectivity index (χ3v) is 5.69. The zero-order chi connectivity index (χ0) is 14.1. The van der Waals surface area contributed by atoms with Gasteiger partial charge in [-0.3, -0.25) is 0 Å². The smallest absolute Gasteiger partial charge is 0.0317 e. The van der Waals surface area contributed by atoms with Gasteiger partial charge in [0.2, 0.25) is 0 Å². The second-order valence-corrected chi connectivity index (χ2v) is 6.85. The Morgan fingerprint density at radius 3 is 2.65 bits per heavy atom. The molecule has 3 aliphatic carbocycles. The van der Waals surface area contributed by atoms with E-state index in [2.05, 4.69) is 38.1 Å². The van der Waals surface area contributed by atoms with Gasteiger partial charge in [-0.05, 0) is 59.2 Å². The summed E-state index contributed by atoms with van der Waals surface area (Å²) in [5.74, 6) is 0. The molecule has 3 aliphatic rings. The van der Waals surface area contributed by atoms with Gasteiger partial charge < -0.3 is 11.5 Å². The molecule has 20 heavy (non-hydrogen) atoms. The van der Waals surface area contributed by atoms with Crippen LogP contribution in [0.2, 0.25) is 0 Å². The van der Waals surface area contributed by atoms with Crippen molar-refractivity contribution in [2.24, 2.45) is 11.1 Å². The summed E-state index contributed by atoms with van der Waals surface area (Å²) in [6, 6.07) is 6.36. The number of anilines is 1. The molecule has 0 spiro atoms. The lowest BCUT2D eigenvalue weighted by Crippen LogP contribution is -2.14. The highest BCUT2D eigenvalue weighted by molar-refractivity contribution is 5.79. The highest BCUT2D eigenvalue weighted by atomic mass is 14.7. The van der Waals surface area contributed by atoms with Crippen molar-refractivity contribution in [2.45, 2.75) is 32.1 Å². The van der Waals surface area contributed by atoms with Gasteiger partial charge in [-0.15, -0.1) is 0 Å². The number of benzene rings is 1. The number of hydrogen-bond acceptors (Lipinski definition) is 2. The average Bonchev–Trinajstić information content (AvgIpc) is 3.04. The Kier molecular flexibility index (Phi) is 2.00. The zero-order valence-corrected chi connectivity index (χ0v) is 12.0. The van der Waals surface area contributed by atoms with E-state index < -0.39 is 0 Å². The van der Waals surface area contributed by atoms with Gasteiger partial charge in [-0.1, -0.05) is 31.6 Å². The number of allylic oxidation sites excluding steroid dienone is 5. The van der Waals surface area contributed by atoms with Gasteiger partial charge in [0.25, 0.3) is 0 Å². The van der Waals surface area contributed by atoms with E-state index in [9.17, 15) is 0 Å². The molecule has 2 unspecified atom stereocenters. The maximum Gasteiger partial charge on any atom is 0.0317 e. The van der Waals surface area contributed by atoms with E-state index in [1.807, 2.05) is 12.1 Å². The first-order valence-electron chi connectivity index (χ1n) is 7.22. The molecular weight excluding hydrogens is 244 g/mol. The molecule has 0 amide bonds. The number of nitrogens with two attached hydrogens (primary N) is 2. The van der Waals surface area contributed by atoms with Gasteiger partial charge in [0.15, 0.2) is 0 Å². The average molecular weight is 264 g/mol. The van der Waals surface area contributed by atoms with Crippen LogP contribution in [0.3, 0.4) is 0 Å². The van der Waals surface area contributed by atoms with Crippen LogP contribution in [0, 0.1) is 5.41 Å². The fraction of sp³-hybridized carbons (Fsp3) is 0.333. The molecule has 2 atom stereocenters. The van der Waals surface area contributed by atoms with Crippen molar-refractivity contribution in [1.29, 1.82) is 0 Å². The van der Waals surface area contributed by atoms with Gasteiger partial charge in [-0.25, -0.2) is 0 Å². The molecule has 102 valence electrons. The largest absolute Gasteiger partial charge is 0.399 e. The van der Waals surface area contributed by atoms with E-state index in [0.717, 1.165) is 17.8 Å². The molecule has 2 bridgehead atoms. The van der Waals surface area contributed by atoms with E-state index in [0.29, 0.717) is 0 Å². The first-order valence-corrected chi connectivity index (χ1v) is 7.22. The Morgan fingerprint density at radius 2 is 1.85 bits per heavy atom. The molecule has 1 fully saturated rings.